The molecule has 0 spiro atoms. The largest absolute Gasteiger partial charge is 0.497 e. The third-order valence-electron chi connectivity index (χ3n) is 7.63. The standard InChI is InChI=1S/C33H36ClN7O4/c1-33(2,40(4)5)17-22(18-35)30(42)38-23-10-8-9-20(13-23)11-12-41-29-21(19-37-32(36-3)39-29)14-26(31(41)43)25-15-24(44-6)16-27(45-7)28(25)34/h8-10,13-17,19H,11-12H2,1-7H3,(H,38,42)(H,36,37,39). The number of carbonyl (C=O) groups is 1. The van der Waals surface area contributed by atoms with E-state index >= 15 is 0 Å². The number of pyridine rings is 1. The number of amides is 1. The maximum Gasteiger partial charge on any atom is 0.266 e. The number of nitriles is 1. The number of benzene rings is 2. The molecule has 11 nitrogen and oxygen atoms in total. The highest BCUT2D eigenvalue weighted by molar-refractivity contribution is 6.35. The number of carbonyl (C=O) groups excluding carboxylic acids is 1. The van der Waals surface area contributed by atoms with Gasteiger partial charge in [0.05, 0.1) is 19.2 Å². The number of fused-ring (bicyclic) bond motifs is 1. The van der Waals surface area contributed by atoms with Crippen LogP contribution in [0.1, 0.15) is 19.4 Å². The van der Waals surface area contributed by atoms with Crippen molar-refractivity contribution in [2.45, 2.75) is 32.4 Å². The van der Waals surface area contributed by atoms with Crippen molar-refractivity contribution in [2.24, 2.45) is 0 Å². The van der Waals surface area contributed by atoms with E-state index in [4.69, 9.17) is 21.1 Å². The van der Waals surface area contributed by atoms with Crippen LogP contribution in [0.25, 0.3) is 22.2 Å². The van der Waals surface area contributed by atoms with Gasteiger partial charge in [0.2, 0.25) is 5.95 Å². The molecular formula is C33H36ClN7O4. The Bertz CT molecular complexity index is 1880. The van der Waals surface area contributed by atoms with Crippen molar-refractivity contribution < 1.29 is 14.3 Å². The Morgan fingerprint density at radius 3 is 2.56 bits per heavy atom. The van der Waals surface area contributed by atoms with Crippen molar-refractivity contribution >= 4 is 40.2 Å². The van der Waals surface area contributed by atoms with E-state index in [1.807, 2.05) is 57.1 Å². The van der Waals surface area contributed by atoms with Crippen LogP contribution in [0.15, 0.2) is 65.1 Å². The third kappa shape index (κ3) is 7.25. The molecule has 0 aliphatic carbocycles. The molecule has 2 aromatic heterocycles. The summed E-state index contributed by atoms with van der Waals surface area (Å²) in [5, 5.41) is 16.3. The Hall–Kier alpha value is -4.92. The lowest BCUT2D eigenvalue weighted by Crippen LogP contribution is -2.37. The van der Waals surface area contributed by atoms with Crippen molar-refractivity contribution in [3.05, 3.63) is 81.3 Å². The normalized spacial score (nSPS) is 11.8. The van der Waals surface area contributed by atoms with Crippen LogP contribution in [0.3, 0.4) is 0 Å². The topological polar surface area (TPSA) is 134 Å². The molecule has 2 heterocycles. The van der Waals surface area contributed by atoms with Gasteiger partial charge in [-0.3, -0.25) is 14.2 Å². The number of aryl methyl sites for hydroxylation is 2. The van der Waals surface area contributed by atoms with Crippen molar-refractivity contribution in [1.29, 1.82) is 5.26 Å². The smallest absolute Gasteiger partial charge is 0.266 e. The fourth-order valence-corrected chi connectivity index (χ4v) is 4.88. The van der Waals surface area contributed by atoms with Crippen LogP contribution >= 0.6 is 11.6 Å². The SMILES string of the molecule is CNc1ncc2cc(-c3cc(OC)cc(OC)c3Cl)c(=O)n(CCc3cccc(NC(=O)C(C#N)=CC(C)(C)N(C)C)c3)c2n1. The lowest BCUT2D eigenvalue weighted by Gasteiger charge is -2.29. The molecule has 0 fully saturated rings. The summed E-state index contributed by atoms with van der Waals surface area (Å²) in [4.78, 5) is 37.9. The summed E-state index contributed by atoms with van der Waals surface area (Å²) in [7, 11) is 8.48. The first-order chi connectivity index (χ1) is 21.4. The minimum Gasteiger partial charge on any atom is -0.497 e. The van der Waals surface area contributed by atoms with E-state index < -0.39 is 11.4 Å². The molecule has 2 N–H and O–H groups in total. The molecule has 4 rings (SSSR count). The summed E-state index contributed by atoms with van der Waals surface area (Å²) in [5.74, 6) is 0.726. The number of likely N-dealkylation sites (N-methyl/N-ethyl adjacent to an activating group) is 1. The minimum atomic E-state index is -0.499. The Morgan fingerprint density at radius 2 is 1.91 bits per heavy atom. The minimum absolute atomic E-state index is 0.0156. The van der Waals surface area contributed by atoms with Gasteiger partial charge in [0.25, 0.3) is 11.5 Å². The zero-order chi connectivity index (χ0) is 32.9. The third-order valence-corrected chi connectivity index (χ3v) is 8.02. The predicted molar refractivity (Wildman–Crippen MR) is 177 cm³/mol. The number of nitrogens with zero attached hydrogens (tertiary/aromatic N) is 5. The quantitative estimate of drug-likeness (QED) is 0.171. The van der Waals surface area contributed by atoms with Gasteiger partial charge < -0.3 is 25.0 Å². The van der Waals surface area contributed by atoms with E-state index in [0.29, 0.717) is 51.7 Å². The highest BCUT2D eigenvalue weighted by Crippen LogP contribution is 2.38. The van der Waals surface area contributed by atoms with Crippen LogP contribution in [0.4, 0.5) is 11.6 Å². The number of halogens is 1. The van der Waals surface area contributed by atoms with Gasteiger partial charge in [-0.1, -0.05) is 23.7 Å². The van der Waals surface area contributed by atoms with E-state index in [-0.39, 0.29) is 22.7 Å². The van der Waals surface area contributed by atoms with Crippen molar-refractivity contribution in [3.8, 4) is 28.7 Å². The van der Waals surface area contributed by atoms with Crippen molar-refractivity contribution in [2.75, 3.05) is 46.0 Å². The number of hydrogen-bond donors (Lipinski definition) is 2. The first kappa shape index (κ1) is 33.0. The van der Waals surface area contributed by atoms with Gasteiger partial charge in [0, 0.05) is 53.6 Å². The molecule has 0 bridgehead atoms. The molecule has 234 valence electrons. The number of aromatic nitrogens is 3. The summed E-state index contributed by atoms with van der Waals surface area (Å²) in [6.07, 6.45) is 3.72. The number of rotatable bonds is 11. The first-order valence-electron chi connectivity index (χ1n) is 14.1. The van der Waals surface area contributed by atoms with Gasteiger partial charge in [0.1, 0.15) is 28.8 Å². The second kappa shape index (κ2) is 13.8. The Kier molecular flexibility index (Phi) is 10.1. The van der Waals surface area contributed by atoms with Crippen LogP contribution in [-0.4, -0.2) is 66.2 Å². The molecular weight excluding hydrogens is 594 g/mol. The van der Waals surface area contributed by atoms with E-state index in [1.165, 1.54) is 14.2 Å². The highest BCUT2D eigenvalue weighted by atomic mass is 35.5. The zero-order valence-corrected chi connectivity index (χ0v) is 27.1. The van der Waals surface area contributed by atoms with Crippen LogP contribution in [0.5, 0.6) is 11.5 Å². The Morgan fingerprint density at radius 1 is 1.16 bits per heavy atom. The van der Waals surface area contributed by atoms with E-state index in [1.54, 1.807) is 48.2 Å². The highest BCUT2D eigenvalue weighted by Gasteiger charge is 2.22. The lowest BCUT2D eigenvalue weighted by molar-refractivity contribution is -0.112. The summed E-state index contributed by atoms with van der Waals surface area (Å²) < 4.78 is 12.4. The van der Waals surface area contributed by atoms with Crippen LogP contribution in [-0.2, 0) is 17.8 Å². The molecule has 0 unspecified atom stereocenters. The van der Waals surface area contributed by atoms with Gasteiger partial charge in [-0.25, -0.2) is 4.98 Å². The molecule has 45 heavy (non-hydrogen) atoms. The van der Waals surface area contributed by atoms with Crippen LogP contribution in [0.2, 0.25) is 5.02 Å². The summed E-state index contributed by atoms with van der Waals surface area (Å²) in [6, 6.07) is 14.3. The van der Waals surface area contributed by atoms with Gasteiger partial charge >= 0.3 is 0 Å². The molecule has 0 atom stereocenters. The number of methoxy groups -OCH3 is 2. The van der Waals surface area contributed by atoms with Crippen LogP contribution < -0.4 is 25.7 Å². The maximum absolute atomic E-state index is 14.1. The number of hydrogen-bond acceptors (Lipinski definition) is 9. The van der Waals surface area contributed by atoms with E-state index in [0.717, 1.165) is 5.56 Å². The number of nitrogens with one attached hydrogen (secondary N) is 2. The lowest BCUT2D eigenvalue weighted by atomic mass is 10.00. The van der Waals surface area contributed by atoms with E-state index in [2.05, 4.69) is 20.6 Å². The predicted octanol–water partition coefficient (Wildman–Crippen LogP) is 5.14. The van der Waals surface area contributed by atoms with Crippen LogP contribution in [0, 0.1) is 11.3 Å². The molecule has 4 aromatic rings. The monoisotopic (exact) mass is 629 g/mol. The van der Waals surface area contributed by atoms with E-state index in [9.17, 15) is 14.9 Å². The summed E-state index contributed by atoms with van der Waals surface area (Å²) in [5.41, 5.74) is 1.84. The molecule has 0 aliphatic rings. The van der Waals surface area contributed by atoms with Gasteiger partial charge in [-0.2, -0.15) is 10.2 Å². The molecule has 0 saturated carbocycles. The fraction of sp³-hybridized carbons (Fsp3) is 0.303. The summed E-state index contributed by atoms with van der Waals surface area (Å²) >= 11 is 6.68. The average Bonchev–Trinajstić information content (AvgIpc) is 3.03. The molecule has 12 heteroatoms. The van der Waals surface area contributed by atoms with Gasteiger partial charge in [-0.05, 0) is 70.3 Å². The number of anilines is 2. The molecule has 1 amide bonds. The average molecular weight is 630 g/mol. The van der Waals surface area contributed by atoms with Crippen molar-refractivity contribution in [3.63, 3.8) is 0 Å². The fourth-order valence-electron chi connectivity index (χ4n) is 4.59. The second-order valence-corrected chi connectivity index (χ2v) is 11.4. The van der Waals surface area contributed by atoms with Gasteiger partial charge in [0.15, 0.2) is 0 Å². The first-order valence-corrected chi connectivity index (χ1v) is 14.5. The number of ether oxygens (including phenoxy) is 2. The second-order valence-electron chi connectivity index (χ2n) is 11.1. The maximum atomic E-state index is 14.1. The molecule has 0 aliphatic heterocycles. The Labute approximate surface area is 267 Å². The van der Waals surface area contributed by atoms with Crippen molar-refractivity contribution in [1.82, 2.24) is 19.4 Å². The molecule has 2 aromatic carbocycles. The summed E-state index contributed by atoms with van der Waals surface area (Å²) in [6.45, 7) is 4.10. The molecule has 0 radical (unpaired) electrons. The molecule has 0 saturated heterocycles. The zero-order valence-electron chi connectivity index (χ0n) is 26.4. The Balaban J connectivity index is 1.71. The van der Waals surface area contributed by atoms with Gasteiger partial charge in [-0.15, -0.1) is 0 Å².